The summed E-state index contributed by atoms with van der Waals surface area (Å²) in [4.78, 5) is 42.8. The molecule has 0 amide bonds. The molecule has 0 fully saturated rings. The predicted molar refractivity (Wildman–Crippen MR) is 216 cm³/mol. The normalized spacial score (nSPS) is 12.8. The van der Waals surface area contributed by atoms with Crippen LogP contribution in [0.4, 0.5) is 0 Å². The summed E-state index contributed by atoms with van der Waals surface area (Å²) in [5, 5.41) is 0. The van der Waals surface area contributed by atoms with E-state index in [1.165, 1.54) is 96.3 Å². The van der Waals surface area contributed by atoms with Crippen molar-refractivity contribution in [2.24, 2.45) is 0 Å². The molecule has 0 rings (SSSR count). The van der Waals surface area contributed by atoms with Crippen LogP contribution in [-0.4, -0.2) is 41.0 Å². The molecule has 0 aromatic carbocycles. The van der Waals surface area contributed by atoms with Gasteiger partial charge in [0.1, 0.15) is 6.61 Å². The lowest BCUT2D eigenvalue weighted by Gasteiger charge is -2.18. The van der Waals surface area contributed by atoms with Crippen LogP contribution >= 0.6 is 7.82 Å². The maximum Gasteiger partial charge on any atom is 0.469 e. The third-order valence-corrected chi connectivity index (χ3v) is 9.66. The minimum atomic E-state index is -4.76. The number of rotatable bonds is 39. The average Bonchev–Trinajstić information content (AvgIpc) is 3.11. The van der Waals surface area contributed by atoms with Crippen LogP contribution in [0.2, 0.25) is 0 Å². The maximum atomic E-state index is 12.4. The number of carbonyl (C=O) groups excluding carboxylic acids is 2. The highest BCUT2D eigenvalue weighted by Gasteiger charge is 2.22. The lowest BCUT2D eigenvalue weighted by atomic mass is 10.0. The Morgan fingerprint density at radius 3 is 1.38 bits per heavy atom. The molecule has 0 radical (unpaired) electrons. The highest BCUT2D eigenvalue weighted by Crippen LogP contribution is 2.36. The highest BCUT2D eigenvalue weighted by atomic mass is 31.2. The van der Waals surface area contributed by atoms with Gasteiger partial charge in [-0.15, -0.1) is 0 Å². The monoisotopic (exact) mass is 755 g/mol. The van der Waals surface area contributed by atoms with Crippen molar-refractivity contribution in [1.82, 2.24) is 0 Å². The molecule has 0 aliphatic carbocycles. The van der Waals surface area contributed by atoms with E-state index in [2.05, 4.69) is 54.8 Å². The molecule has 0 bridgehead atoms. The molecule has 2 N–H and O–H groups in total. The number of unbranched alkanes of at least 4 members (excludes halogenated alkanes) is 23. The fourth-order valence-corrected chi connectivity index (χ4v) is 6.40. The van der Waals surface area contributed by atoms with E-state index in [4.69, 9.17) is 19.3 Å². The molecule has 8 nitrogen and oxygen atoms in total. The molecule has 0 aromatic heterocycles. The van der Waals surface area contributed by atoms with Crippen LogP contribution < -0.4 is 0 Å². The number of allylic oxidation sites excluding steroid dienone is 6. The van der Waals surface area contributed by atoms with Crippen LogP contribution in [-0.2, 0) is 28.2 Å². The number of carbonyl (C=O) groups is 2. The van der Waals surface area contributed by atoms with Gasteiger partial charge in [0.25, 0.3) is 0 Å². The summed E-state index contributed by atoms with van der Waals surface area (Å²) in [6.07, 6.45) is 45.8. The summed E-state index contributed by atoms with van der Waals surface area (Å²) in [5.41, 5.74) is 0. The Bertz CT molecular complexity index is 941. The Morgan fingerprint density at radius 2 is 0.923 bits per heavy atom. The Hall–Kier alpha value is -1.73. The molecule has 9 heteroatoms. The summed E-state index contributed by atoms with van der Waals surface area (Å²) in [5.74, 6) is -0.898. The van der Waals surface area contributed by atoms with Gasteiger partial charge in [0.15, 0.2) is 6.10 Å². The van der Waals surface area contributed by atoms with Crippen molar-refractivity contribution < 1.29 is 37.9 Å². The van der Waals surface area contributed by atoms with E-state index in [1.807, 2.05) is 0 Å². The van der Waals surface area contributed by atoms with Gasteiger partial charge < -0.3 is 19.3 Å². The van der Waals surface area contributed by atoms with E-state index in [0.29, 0.717) is 12.8 Å². The molecule has 0 aliphatic rings. The molecule has 52 heavy (non-hydrogen) atoms. The first-order chi connectivity index (χ1) is 25.3. The Morgan fingerprint density at radius 1 is 0.519 bits per heavy atom. The average molecular weight is 755 g/mol. The molecule has 0 aliphatic heterocycles. The molecular weight excluding hydrogens is 675 g/mol. The summed E-state index contributed by atoms with van der Waals surface area (Å²) >= 11 is 0. The molecular formula is C43H79O8P. The van der Waals surface area contributed by atoms with E-state index in [-0.39, 0.29) is 19.4 Å². The van der Waals surface area contributed by atoms with Crippen molar-refractivity contribution in [2.45, 2.75) is 213 Å². The summed E-state index contributed by atoms with van der Waals surface area (Å²) in [6, 6.07) is 0. The van der Waals surface area contributed by atoms with Gasteiger partial charge in [-0.2, -0.15) is 0 Å². The predicted octanol–water partition coefficient (Wildman–Crippen LogP) is 13.0. The number of hydrogen-bond donors (Lipinski definition) is 2. The minimum absolute atomic E-state index is 0.211. The van der Waals surface area contributed by atoms with Crippen LogP contribution in [0.1, 0.15) is 206 Å². The summed E-state index contributed by atoms with van der Waals surface area (Å²) in [6.45, 7) is 3.58. The second-order valence-electron chi connectivity index (χ2n) is 14.3. The van der Waals surface area contributed by atoms with Gasteiger partial charge in [0, 0.05) is 12.8 Å². The van der Waals surface area contributed by atoms with Gasteiger partial charge in [0.2, 0.25) is 0 Å². The van der Waals surface area contributed by atoms with Gasteiger partial charge in [0.05, 0.1) is 6.61 Å². The molecule has 0 unspecified atom stereocenters. The molecule has 0 spiro atoms. The van der Waals surface area contributed by atoms with Crippen molar-refractivity contribution in [2.75, 3.05) is 13.2 Å². The van der Waals surface area contributed by atoms with Crippen LogP contribution in [0.15, 0.2) is 36.5 Å². The van der Waals surface area contributed by atoms with E-state index >= 15 is 0 Å². The number of phosphoric acid groups is 1. The van der Waals surface area contributed by atoms with E-state index < -0.39 is 32.5 Å². The van der Waals surface area contributed by atoms with Gasteiger partial charge in [-0.25, -0.2) is 4.57 Å². The molecule has 1 atom stereocenters. The fourth-order valence-electron chi connectivity index (χ4n) is 6.04. The molecule has 0 saturated carbocycles. The Labute approximate surface area is 319 Å². The van der Waals surface area contributed by atoms with Crippen molar-refractivity contribution in [1.29, 1.82) is 0 Å². The van der Waals surface area contributed by atoms with E-state index in [9.17, 15) is 14.2 Å². The second-order valence-corrected chi connectivity index (χ2v) is 15.5. The third kappa shape index (κ3) is 41.0. The summed E-state index contributed by atoms with van der Waals surface area (Å²) in [7, 11) is -4.76. The quantitative estimate of drug-likeness (QED) is 0.0275. The zero-order valence-electron chi connectivity index (χ0n) is 33.5. The van der Waals surface area contributed by atoms with Crippen molar-refractivity contribution in [3.63, 3.8) is 0 Å². The van der Waals surface area contributed by atoms with Crippen LogP contribution in [0.3, 0.4) is 0 Å². The number of hydrogen-bond acceptors (Lipinski definition) is 6. The topological polar surface area (TPSA) is 119 Å². The van der Waals surface area contributed by atoms with Crippen LogP contribution in [0.5, 0.6) is 0 Å². The van der Waals surface area contributed by atoms with E-state index in [0.717, 1.165) is 70.6 Å². The van der Waals surface area contributed by atoms with Crippen LogP contribution in [0.25, 0.3) is 0 Å². The molecule has 0 aromatic rings. The SMILES string of the molecule is CC/C=C/C/C=C/C/C=C/CCCCCCCC(=O)OC[C@H](COP(=O)(O)O)OC(=O)CCCCCCCCCCCCCCCCCCCCC. The Kier molecular flexibility index (Phi) is 37.7. The third-order valence-electron chi connectivity index (χ3n) is 9.17. The lowest BCUT2D eigenvalue weighted by Crippen LogP contribution is -2.29. The fraction of sp³-hybridized carbons (Fsp3) is 0.814. The van der Waals surface area contributed by atoms with E-state index in [1.54, 1.807) is 0 Å². The Balaban J connectivity index is 3.89. The van der Waals surface area contributed by atoms with Gasteiger partial charge in [-0.05, 0) is 44.9 Å². The summed E-state index contributed by atoms with van der Waals surface area (Å²) < 4.78 is 26.4. The number of phosphoric ester groups is 1. The van der Waals surface area contributed by atoms with Crippen LogP contribution in [0, 0.1) is 0 Å². The second kappa shape index (κ2) is 39.0. The first-order valence-corrected chi connectivity index (χ1v) is 22.8. The highest BCUT2D eigenvalue weighted by molar-refractivity contribution is 7.46. The molecule has 0 saturated heterocycles. The van der Waals surface area contributed by atoms with Gasteiger partial charge in [-0.1, -0.05) is 185 Å². The molecule has 304 valence electrons. The number of ether oxygens (including phenoxy) is 2. The zero-order chi connectivity index (χ0) is 38.2. The molecule has 0 heterocycles. The smallest absolute Gasteiger partial charge is 0.462 e. The van der Waals surface area contributed by atoms with Crippen molar-refractivity contribution in [3.05, 3.63) is 36.5 Å². The standard InChI is InChI=1S/C43H79O8P/c1-3-5-7-9-11-13-15-17-19-20-21-22-24-26-28-30-32-34-36-38-43(45)51-41(40-50-52(46,47)48)39-49-42(44)37-35-33-31-29-27-25-23-18-16-14-12-10-8-6-4-2/h6,8,12,14,18,23,41H,3-5,7,9-11,13,15-17,19-22,24-40H2,1-2H3,(H2,46,47,48)/b8-6+,14-12+,23-18+/t41-/m1/s1. The largest absolute Gasteiger partial charge is 0.469 e. The first kappa shape index (κ1) is 50.3. The van der Waals surface area contributed by atoms with Crippen molar-refractivity contribution in [3.8, 4) is 0 Å². The zero-order valence-corrected chi connectivity index (χ0v) is 34.4. The first-order valence-electron chi connectivity index (χ1n) is 21.3. The van der Waals surface area contributed by atoms with Gasteiger partial charge in [-0.3, -0.25) is 14.1 Å². The van der Waals surface area contributed by atoms with Gasteiger partial charge >= 0.3 is 19.8 Å². The maximum absolute atomic E-state index is 12.4. The lowest BCUT2D eigenvalue weighted by molar-refractivity contribution is -0.161. The van der Waals surface area contributed by atoms with Crippen molar-refractivity contribution >= 4 is 19.8 Å². The number of esters is 2. The minimum Gasteiger partial charge on any atom is -0.462 e.